The van der Waals surface area contributed by atoms with Crippen LogP contribution in [0.15, 0.2) is 52.9 Å². The quantitative estimate of drug-likeness (QED) is 0.637. The van der Waals surface area contributed by atoms with Gasteiger partial charge in [-0.2, -0.15) is 0 Å². The van der Waals surface area contributed by atoms with Gasteiger partial charge in [0.25, 0.3) is 5.91 Å². The molecule has 1 aromatic heterocycles. The van der Waals surface area contributed by atoms with E-state index in [9.17, 15) is 9.59 Å². The Morgan fingerprint density at radius 2 is 1.75 bits per heavy atom. The van der Waals surface area contributed by atoms with E-state index in [-0.39, 0.29) is 17.9 Å². The number of rotatable bonds is 6. The van der Waals surface area contributed by atoms with Crippen LogP contribution in [0.2, 0.25) is 0 Å². The molecule has 1 N–H and O–H groups in total. The van der Waals surface area contributed by atoms with Gasteiger partial charge in [0.2, 0.25) is 5.91 Å². The minimum absolute atomic E-state index is 0.126. The standard InChI is InChI=1S/C24H27N3O5/c1-16(23(28)25-19-15-18(30-2)8-9-21(19)31-3)26-10-12-27(13-11-26)24(29)22-14-17-6-4-5-7-20(17)32-22/h4-9,14-16H,10-13H2,1-3H3,(H,25,28). The predicted molar refractivity (Wildman–Crippen MR) is 121 cm³/mol. The van der Waals surface area contributed by atoms with Crippen molar-refractivity contribution in [2.45, 2.75) is 13.0 Å². The average molecular weight is 437 g/mol. The summed E-state index contributed by atoms with van der Waals surface area (Å²) in [6.45, 7) is 4.09. The smallest absolute Gasteiger partial charge is 0.289 e. The van der Waals surface area contributed by atoms with Crippen LogP contribution in [0.25, 0.3) is 11.0 Å². The summed E-state index contributed by atoms with van der Waals surface area (Å²) in [7, 11) is 3.13. The second kappa shape index (κ2) is 9.32. The first-order chi connectivity index (χ1) is 15.5. The predicted octanol–water partition coefficient (Wildman–Crippen LogP) is 3.24. The third kappa shape index (κ3) is 4.40. The van der Waals surface area contributed by atoms with Gasteiger partial charge in [-0.15, -0.1) is 0 Å². The van der Waals surface area contributed by atoms with E-state index in [0.717, 1.165) is 5.39 Å². The molecule has 4 rings (SSSR count). The van der Waals surface area contributed by atoms with Crippen molar-refractivity contribution in [1.82, 2.24) is 9.80 Å². The lowest BCUT2D eigenvalue weighted by atomic mass is 10.2. The molecule has 2 aromatic carbocycles. The van der Waals surface area contributed by atoms with E-state index in [1.165, 1.54) is 0 Å². The molecule has 1 saturated heterocycles. The Labute approximate surface area is 186 Å². The van der Waals surface area contributed by atoms with Crippen molar-refractivity contribution in [3.8, 4) is 11.5 Å². The third-order valence-electron chi connectivity index (χ3n) is 5.83. The van der Waals surface area contributed by atoms with Gasteiger partial charge in [0.05, 0.1) is 25.9 Å². The van der Waals surface area contributed by atoms with E-state index in [1.54, 1.807) is 43.4 Å². The zero-order valence-corrected chi connectivity index (χ0v) is 18.5. The highest BCUT2D eigenvalue weighted by atomic mass is 16.5. The Morgan fingerprint density at radius 3 is 2.44 bits per heavy atom. The Kier molecular flexibility index (Phi) is 6.32. The maximum Gasteiger partial charge on any atom is 0.289 e. The van der Waals surface area contributed by atoms with Crippen LogP contribution in [0.4, 0.5) is 5.69 Å². The van der Waals surface area contributed by atoms with Crippen LogP contribution in [0.1, 0.15) is 17.5 Å². The first kappa shape index (κ1) is 21.7. The van der Waals surface area contributed by atoms with Gasteiger partial charge in [0.15, 0.2) is 5.76 Å². The summed E-state index contributed by atoms with van der Waals surface area (Å²) >= 11 is 0. The number of ether oxygens (including phenoxy) is 2. The lowest BCUT2D eigenvalue weighted by Crippen LogP contribution is -2.54. The van der Waals surface area contributed by atoms with E-state index >= 15 is 0 Å². The number of benzene rings is 2. The number of para-hydroxylation sites is 1. The molecular formula is C24H27N3O5. The number of furan rings is 1. The van der Waals surface area contributed by atoms with Gasteiger partial charge in [-0.1, -0.05) is 18.2 Å². The Hall–Kier alpha value is -3.52. The van der Waals surface area contributed by atoms with Crippen molar-refractivity contribution in [2.75, 3.05) is 45.7 Å². The zero-order chi connectivity index (χ0) is 22.7. The summed E-state index contributed by atoms with van der Waals surface area (Å²) in [5, 5.41) is 3.84. The number of carbonyl (C=O) groups is 2. The van der Waals surface area contributed by atoms with Crippen LogP contribution < -0.4 is 14.8 Å². The number of fused-ring (bicyclic) bond motifs is 1. The minimum Gasteiger partial charge on any atom is -0.497 e. The maximum absolute atomic E-state index is 12.9. The normalized spacial score (nSPS) is 15.4. The van der Waals surface area contributed by atoms with Crippen LogP contribution in [0, 0.1) is 0 Å². The number of nitrogens with zero attached hydrogens (tertiary/aromatic N) is 2. The van der Waals surface area contributed by atoms with Crippen LogP contribution in [0.5, 0.6) is 11.5 Å². The highest BCUT2D eigenvalue weighted by Gasteiger charge is 2.29. The number of hydrogen-bond acceptors (Lipinski definition) is 6. The topological polar surface area (TPSA) is 84.3 Å². The number of carbonyl (C=O) groups excluding carboxylic acids is 2. The molecule has 1 fully saturated rings. The molecule has 1 aliphatic rings. The first-order valence-corrected chi connectivity index (χ1v) is 10.5. The molecule has 0 radical (unpaired) electrons. The summed E-state index contributed by atoms with van der Waals surface area (Å²) < 4.78 is 16.3. The average Bonchev–Trinajstić information content (AvgIpc) is 3.27. The van der Waals surface area contributed by atoms with Gasteiger partial charge in [0, 0.05) is 37.6 Å². The molecule has 2 heterocycles. The molecule has 1 aliphatic heterocycles. The lowest BCUT2D eigenvalue weighted by molar-refractivity contribution is -0.121. The summed E-state index contributed by atoms with van der Waals surface area (Å²) in [6, 6.07) is 14.2. The van der Waals surface area contributed by atoms with E-state index in [0.29, 0.717) is 54.7 Å². The minimum atomic E-state index is -0.366. The highest BCUT2D eigenvalue weighted by molar-refractivity contribution is 5.97. The molecule has 32 heavy (non-hydrogen) atoms. The van der Waals surface area contributed by atoms with Crippen LogP contribution in [0.3, 0.4) is 0 Å². The van der Waals surface area contributed by atoms with Crippen LogP contribution in [-0.2, 0) is 4.79 Å². The van der Waals surface area contributed by atoms with Gasteiger partial charge < -0.3 is 24.1 Å². The Morgan fingerprint density at radius 1 is 1.00 bits per heavy atom. The van der Waals surface area contributed by atoms with Crippen molar-refractivity contribution in [1.29, 1.82) is 0 Å². The first-order valence-electron chi connectivity index (χ1n) is 10.5. The molecule has 0 bridgehead atoms. The maximum atomic E-state index is 12.9. The lowest BCUT2D eigenvalue weighted by Gasteiger charge is -2.37. The summed E-state index contributed by atoms with van der Waals surface area (Å²) in [4.78, 5) is 29.6. The summed E-state index contributed by atoms with van der Waals surface area (Å²) in [5.41, 5.74) is 1.26. The molecule has 3 aromatic rings. The molecule has 1 atom stereocenters. The molecule has 0 spiro atoms. The largest absolute Gasteiger partial charge is 0.497 e. The fourth-order valence-electron chi connectivity index (χ4n) is 3.87. The van der Waals surface area contributed by atoms with E-state index in [4.69, 9.17) is 13.9 Å². The number of nitrogens with one attached hydrogen (secondary N) is 1. The SMILES string of the molecule is COc1ccc(OC)c(NC(=O)C(C)N2CCN(C(=O)c3cc4ccccc4o3)CC2)c1. The summed E-state index contributed by atoms with van der Waals surface area (Å²) in [5.74, 6) is 1.27. The molecule has 2 amide bonds. The molecule has 8 heteroatoms. The van der Waals surface area contributed by atoms with Crippen LogP contribution >= 0.6 is 0 Å². The van der Waals surface area contributed by atoms with Gasteiger partial charge in [-0.05, 0) is 31.2 Å². The molecule has 0 saturated carbocycles. The highest BCUT2D eigenvalue weighted by Crippen LogP contribution is 2.29. The fraction of sp³-hybridized carbons (Fsp3) is 0.333. The molecule has 8 nitrogen and oxygen atoms in total. The monoisotopic (exact) mass is 437 g/mol. The zero-order valence-electron chi connectivity index (χ0n) is 18.5. The van der Waals surface area contributed by atoms with E-state index in [1.807, 2.05) is 31.2 Å². The number of hydrogen-bond donors (Lipinski definition) is 1. The van der Waals surface area contributed by atoms with Crippen molar-refractivity contribution >= 4 is 28.5 Å². The van der Waals surface area contributed by atoms with Gasteiger partial charge in [-0.3, -0.25) is 14.5 Å². The second-order valence-electron chi connectivity index (χ2n) is 7.71. The summed E-state index contributed by atoms with van der Waals surface area (Å²) in [6.07, 6.45) is 0. The second-order valence-corrected chi connectivity index (χ2v) is 7.71. The van der Waals surface area contributed by atoms with Crippen molar-refractivity contribution in [3.63, 3.8) is 0 Å². The number of methoxy groups -OCH3 is 2. The molecule has 168 valence electrons. The van der Waals surface area contributed by atoms with Gasteiger partial charge >= 0.3 is 0 Å². The van der Waals surface area contributed by atoms with E-state index in [2.05, 4.69) is 10.2 Å². The van der Waals surface area contributed by atoms with Crippen molar-refractivity contribution in [2.24, 2.45) is 0 Å². The van der Waals surface area contributed by atoms with Gasteiger partial charge in [0.1, 0.15) is 17.1 Å². The van der Waals surface area contributed by atoms with Crippen molar-refractivity contribution in [3.05, 3.63) is 54.3 Å². The Bertz CT molecular complexity index is 1080. The molecule has 0 aliphatic carbocycles. The number of amides is 2. The van der Waals surface area contributed by atoms with Crippen LogP contribution in [-0.4, -0.2) is 68.1 Å². The third-order valence-corrected chi connectivity index (χ3v) is 5.83. The molecule has 1 unspecified atom stereocenters. The number of anilines is 1. The van der Waals surface area contributed by atoms with Gasteiger partial charge in [-0.25, -0.2) is 0 Å². The Balaban J connectivity index is 1.36. The van der Waals surface area contributed by atoms with E-state index < -0.39 is 0 Å². The fourth-order valence-corrected chi connectivity index (χ4v) is 3.87. The van der Waals surface area contributed by atoms with Crippen molar-refractivity contribution < 1.29 is 23.5 Å². The number of piperazine rings is 1. The molecular weight excluding hydrogens is 410 g/mol.